The molecule has 0 saturated carbocycles. The number of carbonyl (C=O) groups excluding carboxylic acids is 1. The summed E-state index contributed by atoms with van der Waals surface area (Å²) in [5, 5.41) is 11.0. The third kappa shape index (κ3) is 4.08. The zero-order valence-corrected chi connectivity index (χ0v) is 14.0. The lowest BCUT2D eigenvalue weighted by Crippen LogP contribution is -2.55. The van der Waals surface area contributed by atoms with Crippen molar-refractivity contribution >= 4 is 11.7 Å². The maximum absolute atomic E-state index is 13.0. The van der Waals surface area contributed by atoms with Crippen molar-refractivity contribution in [2.24, 2.45) is 0 Å². The van der Waals surface area contributed by atoms with Gasteiger partial charge in [0.05, 0.1) is 18.3 Å². The lowest BCUT2D eigenvalue weighted by Gasteiger charge is -2.41. The molecule has 2 aromatic rings. The number of halogens is 1. The monoisotopic (exact) mass is 345 g/mol. The number of aliphatic hydroxyl groups is 1. The van der Waals surface area contributed by atoms with Gasteiger partial charge >= 0.3 is 0 Å². The fraction of sp³-hybridized carbons (Fsp3) is 0.412. The number of hydrogen-bond acceptors (Lipinski definition) is 6. The van der Waals surface area contributed by atoms with Gasteiger partial charge in [-0.05, 0) is 31.0 Å². The fourth-order valence-corrected chi connectivity index (χ4v) is 3.12. The van der Waals surface area contributed by atoms with E-state index >= 15 is 0 Å². The van der Waals surface area contributed by atoms with Crippen LogP contribution < -0.4 is 4.90 Å². The van der Waals surface area contributed by atoms with Gasteiger partial charge in [-0.3, -0.25) is 4.79 Å². The standard InChI is InChI=1S/C17H20FN5O2/c1-22(16(24)14-5-7-19-12-21-14)10-17(25)6-2-8-23(11-17)15-4-3-13(18)9-20-15/h3-5,7,9,12,25H,2,6,8,10-11H2,1H3/t17-/m1/s1. The van der Waals surface area contributed by atoms with Crippen LogP contribution in [0.2, 0.25) is 0 Å². The number of piperidine rings is 1. The van der Waals surface area contributed by atoms with E-state index in [2.05, 4.69) is 15.0 Å². The number of aromatic nitrogens is 3. The lowest BCUT2D eigenvalue weighted by atomic mass is 9.92. The number of pyridine rings is 1. The van der Waals surface area contributed by atoms with Gasteiger partial charge in [0.1, 0.15) is 23.7 Å². The highest BCUT2D eigenvalue weighted by molar-refractivity contribution is 5.92. The number of nitrogens with zero attached hydrogens (tertiary/aromatic N) is 5. The summed E-state index contributed by atoms with van der Waals surface area (Å²) in [6, 6.07) is 4.48. The summed E-state index contributed by atoms with van der Waals surface area (Å²) >= 11 is 0. The molecule has 7 nitrogen and oxygen atoms in total. The predicted molar refractivity (Wildman–Crippen MR) is 89.6 cm³/mol. The molecule has 0 radical (unpaired) electrons. The summed E-state index contributed by atoms with van der Waals surface area (Å²) in [5.41, 5.74) is -0.778. The van der Waals surface area contributed by atoms with E-state index in [4.69, 9.17) is 0 Å². The van der Waals surface area contributed by atoms with Crippen LogP contribution in [0.3, 0.4) is 0 Å². The van der Waals surface area contributed by atoms with Crippen molar-refractivity contribution in [2.45, 2.75) is 18.4 Å². The number of rotatable bonds is 4. The van der Waals surface area contributed by atoms with Crippen molar-refractivity contribution in [1.82, 2.24) is 19.9 Å². The highest BCUT2D eigenvalue weighted by Crippen LogP contribution is 2.26. The lowest BCUT2D eigenvalue weighted by molar-refractivity contribution is -0.000283. The van der Waals surface area contributed by atoms with Gasteiger partial charge in [0.25, 0.3) is 5.91 Å². The van der Waals surface area contributed by atoms with E-state index in [-0.39, 0.29) is 18.1 Å². The Labute approximate surface area is 145 Å². The zero-order chi connectivity index (χ0) is 17.9. The second kappa shape index (κ2) is 7.10. The largest absolute Gasteiger partial charge is 0.386 e. The summed E-state index contributed by atoms with van der Waals surface area (Å²) < 4.78 is 13.0. The number of amides is 1. The smallest absolute Gasteiger partial charge is 0.272 e. The Hall–Kier alpha value is -2.61. The zero-order valence-electron chi connectivity index (χ0n) is 14.0. The molecular formula is C17H20FN5O2. The van der Waals surface area contributed by atoms with Crippen LogP contribution in [0.1, 0.15) is 23.3 Å². The summed E-state index contributed by atoms with van der Waals surface area (Å²) in [6.45, 7) is 1.23. The van der Waals surface area contributed by atoms with Crippen LogP contribution in [-0.2, 0) is 0 Å². The Bertz CT molecular complexity index is 728. The second-order valence-electron chi connectivity index (χ2n) is 6.34. The molecule has 1 fully saturated rings. The van der Waals surface area contributed by atoms with E-state index in [1.807, 2.05) is 4.90 Å². The number of β-amino-alcohol motifs (C(OH)–C–C–N with tert-alkyl or cyclic N) is 1. The highest BCUT2D eigenvalue weighted by Gasteiger charge is 2.36. The van der Waals surface area contributed by atoms with Gasteiger partial charge in [0.15, 0.2) is 0 Å². The molecule has 1 atom stereocenters. The molecule has 0 unspecified atom stereocenters. The molecule has 2 aromatic heterocycles. The molecule has 1 aliphatic heterocycles. The normalized spacial score (nSPS) is 20.4. The molecule has 8 heteroatoms. The van der Waals surface area contributed by atoms with Gasteiger partial charge in [-0.2, -0.15) is 0 Å². The molecule has 0 bridgehead atoms. The van der Waals surface area contributed by atoms with Crippen LogP contribution in [0, 0.1) is 5.82 Å². The first-order chi connectivity index (χ1) is 12.0. The Morgan fingerprint density at radius 1 is 1.40 bits per heavy atom. The van der Waals surface area contributed by atoms with Gasteiger partial charge < -0.3 is 14.9 Å². The van der Waals surface area contributed by atoms with Crippen molar-refractivity contribution in [3.8, 4) is 0 Å². The average molecular weight is 345 g/mol. The van der Waals surface area contributed by atoms with Crippen molar-refractivity contribution in [3.63, 3.8) is 0 Å². The Morgan fingerprint density at radius 2 is 2.24 bits per heavy atom. The van der Waals surface area contributed by atoms with Crippen LogP contribution in [0.4, 0.5) is 10.2 Å². The van der Waals surface area contributed by atoms with Gasteiger partial charge in [-0.15, -0.1) is 0 Å². The maximum atomic E-state index is 13.0. The Kier molecular flexibility index (Phi) is 4.89. The summed E-state index contributed by atoms with van der Waals surface area (Å²) in [7, 11) is 1.64. The van der Waals surface area contributed by atoms with Crippen LogP contribution in [-0.4, -0.2) is 63.1 Å². The Balaban J connectivity index is 1.68. The third-order valence-corrected chi connectivity index (χ3v) is 4.27. The third-order valence-electron chi connectivity index (χ3n) is 4.27. The van der Waals surface area contributed by atoms with Gasteiger partial charge in [0.2, 0.25) is 0 Å². The Morgan fingerprint density at radius 3 is 2.92 bits per heavy atom. The number of hydrogen-bond donors (Lipinski definition) is 1. The fourth-order valence-electron chi connectivity index (χ4n) is 3.12. The van der Waals surface area contributed by atoms with Crippen LogP contribution in [0.25, 0.3) is 0 Å². The molecule has 1 aliphatic rings. The first-order valence-electron chi connectivity index (χ1n) is 8.07. The number of likely N-dealkylation sites (N-methyl/N-ethyl adjacent to an activating group) is 1. The molecule has 3 heterocycles. The van der Waals surface area contributed by atoms with Crippen LogP contribution in [0.5, 0.6) is 0 Å². The van der Waals surface area contributed by atoms with E-state index in [0.29, 0.717) is 18.8 Å². The second-order valence-corrected chi connectivity index (χ2v) is 6.34. The van der Waals surface area contributed by atoms with Crippen molar-refractivity contribution in [1.29, 1.82) is 0 Å². The highest BCUT2D eigenvalue weighted by atomic mass is 19.1. The van der Waals surface area contributed by atoms with Crippen molar-refractivity contribution < 1.29 is 14.3 Å². The summed E-state index contributed by atoms with van der Waals surface area (Å²) in [5.74, 6) is -0.0524. The molecule has 132 valence electrons. The van der Waals surface area contributed by atoms with E-state index in [0.717, 1.165) is 19.2 Å². The molecule has 1 amide bonds. The minimum atomic E-state index is -1.06. The topological polar surface area (TPSA) is 82.5 Å². The molecular weight excluding hydrogens is 325 g/mol. The van der Waals surface area contributed by atoms with E-state index < -0.39 is 11.4 Å². The molecule has 25 heavy (non-hydrogen) atoms. The van der Waals surface area contributed by atoms with Gasteiger partial charge in [0, 0.05) is 26.3 Å². The van der Waals surface area contributed by atoms with Gasteiger partial charge in [-0.1, -0.05) is 0 Å². The molecule has 1 N–H and O–H groups in total. The predicted octanol–water partition coefficient (Wildman–Crippen LogP) is 1.11. The first-order valence-corrected chi connectivity index (χ1v) is 8.07. The molecule has 1 saturated heterocycles. The molecule has 0 spiro atoms. The SMILES string of the molecule is CN(C[C@]1(O)CCCN(c2ccc(F)cn2)C1)C(=O)c1ccncn1. The number of carbonyl (C=O) groups is 1. The minimum Gasteiger partial charge on any atom is -0.386 e. The van der Waals surface area contributed by atoms with E-state index in [1.54, 1.807) is 19.2 Å². The molecule has 3 rings (SSSR count). The van der Waals surface area contributed by atoms with E-state index in [1.165, 1.54) is 23.5 Å². The molecule has 0 aromatic carbocycles. The summed E-state index contributed by atoms with van der Waals surface area (Å²) in [6.07, 6.45) is 5.31. The quantitative estimate of drug-likeness (QED) is 0.894. The van der Waals surface area contributed by atoms with Crippen molar-refractivity contribution in [2.75, 3.05) is 31.6 Å². The first kappa shape index (κ1) is 17.2. The van der Waals surface area contributed by atoms with Crippen molar-refractivity contribution in [3.05, 3.63) is 48.4 Å². The van der Waals surface area contributed by atoms with Crippen LogP contribution in [0.15, 0.2) is 36.9 Å². The minimum absolute atomic E-state index is 0.174. The average Bonchev–Trinajstić information content (AvgIpc) is 2.62. The molecule has 0 aliphatic carbocycles. The van der Waals surface area contributed by atoms with Crippen LogP contribution >= 0.6 is 0 Å². The number of anilines is 1. The van der Waals surface area contributed by atoms with E-state index in [9.17, 15) is 14.3 Å². The maximum Gasteiger partial charge on any atom is 0.272 e. The summed E-state index contributed by atoms with van der Waals surface area (Å²) in [4.78, 5) is 27.6. The van der Waals surface area contributed by atoms with Gasteiger partial charge in [-0.25, -0.2) is 19.3 Å².